The molecule has 1 aromatic rings. The summed E-state index contributed by atoms with van der Waals surface area (Å²) in [4.78, 5) is 11.6. The first-order valence-electron chi connectivity index (χ1n) is 6.50. The number of carbonyl (C=O) groups is 1. The first kappa shape index (κ1) is 13.7. The largest absolute Gasteiger partial charge is 0.295 e. The fraction of sp³-hybridized carbons (Fsp3) is 0.438. The van der Waals surface area contributed by atoms with Crippen LogP contribution in [0.2, 0.25) is 0 Å². The van der Waals surface area contributed by atoms with Gasteiger partial charge in [-0.15, -0.1) is 0 Å². The minimum absolute atomic E-state index is 0.238. The van der Waals surface area contributed by atoms with Gasteiger partial charge in [-0.2, -0.15) is 0 Å². The molecule has 0 unspecified atom stereocenters. The van der Waals surface area contributed by atoms with Crippen LogP contribution in [0.4, 0.5) is 0 Å². The molecule has 0 radical (unpaired) electrons. The van der Waals surface area contributed by atoms with Crippen molar-refractivity contribution in [2.45, 2.75) is 46.0 Å². The second-order valence-electron chi connectivity index (χ2n) is 4.52. The van der Waals surface area contributed by atoms with E-state index in [-0.39, 0.29) is 5.78 Å². The minimum Gasteiger partial charge on any atom is -0.295 e. The van der Waals surface area contributed by atoms with E-state index in [0.717, 1.165) is 12.0 Å². The summed E-state index contributed by atoms with van der Waals surface area (Å²) in [5.41, 5.74) is 2.34. The van der Waals surface area contributed by atoms with E-state index in [1.165, 1.54) is 24.8 Å². The molecule has 0 fully saturated rings. The average Bonchev–Trinajstić information content (AvgIpc) is 2.34. The van der Waals surface area contributed by atoms with Gasteiger partial charge in [0.25, 0.3) is 0 Å². The Kier molecular flexibility index (Phi) is 6.31. The van der Waals surface area contributed by atoms with Gasteiger partial charge in [0.1, 0.15) is 0 Å². The molecule has 0 aliphatic carbocycles. The third-order valence-electron chi connectivity index (χ3n) is 2.82. The van der Waals surface area contributed by atoms with Crippen molar-refractivity contribution in [1.29, 1.82) is 0 Å². The van der Waals surface area contributed by atoms with Gasteiger partial charge in [-0.1, -0.05) is 62.1 Å². The maximum absolute atomic E-state index is 11.6. The molecule has 0 bridgehead atoms. The van der Waals surface area contributed by atoms with Gasteiger partial charge >= 0.3 is 0 Å². The van der Waals surface area contributed by atoms with Crippen molar-refractivity contribution < 1.29 is 4.79 Å². The zero-order valence-corrected chi connectivity index (χ0v) is 10.9. The van der Waals surface area contributed by atoms with Crippen LogP contribution in [0.5, 0.6) is 0 Å². The van der Waals surface area contributed by atoms with Gasteiger partial charge in [-0.25, -0.2) is 0 Å². The summed E-state index contributed by atoms with van der Waals surface area (Å²) in [5, 5.41) is 0. The maximum atomic E-state index is 11.6. The van der Waals surface area contributed by atoms with E-state index in [1.54, 1.807) is 6.08 Å². The molecule has 0 saturated carbocycles. The molecule has 0 aromatic heterocycles. The number of ketones is 1. The highest BCUT2D eigenvalue weighted by atomic mass is 16.1. The lowest BCUT2D eigenvalue weighted by atomic mass is 10.1. The summed E-state index contributed by atoms with van der Waals surface area (Å²) in [5.74, 6) is 0.238. The molecule has 0 spiro atoms. The summed E-state index contributed by atoms with van der Waals surface area (Å²) in [7, 11) is 0. The van der Waals surface area contributed by atoms with Crippen LogP contribution in [0, 0.1) is 6.92 Å². The van der Waals surface area contributed by atoms with E-state index >= 15 is 0 Å². The first-order valence-corrected chi connectivity index (χ1v) is 6.50. The highest BCUT2D eigenvalue weighted by Gasteiger charge is 1.96. The van der Waals surface area contributed by atoms with E-state index < -0.39 is 0 Å². The third kappa shape index (κ3) is 6.06. The summed E-state index contributed by atoms with van der Waals surface area (Å²) in [6.45, 7) is 4.24. The highest BCUT2D eigenvalue weighted by Crippen LogP contribution is 2.07. The Balaban J connectivity index is 2.32. The molecule has 0 aliphatic rings. The number of unbranched alkanes of at least 4 members (excludes halogenated alkanes) is 3. The highest BCUT2D eigenvalue weighted by molar-refractivity contribution is 5.93. The molecule has 0 heterocycles. The third-order valence-corrected chi connectivity index (χ3v) is 2.82. The van der Waals surface area contributed by atoms with Gasteiger partial charge in [0.15, 0.2) is 5.78 Å². The Hall–Kier alpha value is -1.37. The molecule has 1 nitrogen and oxygen atoms in total. The van der Waals surface area contributed by atoms with E-state index in [0.29, 0.717) is 6.42 Å². The van der Waals surface area contributed by atoms with Crippen molar-refractivity contribution in [3.63, 3.8) is 0 Å². The lowest BCUT2D eigenvalue weighted by Crippen LogP contribution is -1.92. The molecule has 0 aliphatic heterocycles. The van der Waals surface area contributed by atoms with E-state index in [1.807, 2.05) is 18.2 Å². The molecule has 0 atom stereocenters. The first-order chi connectivity index (χ1) is 8.22. The molecule has 17 heavy (non-hydrogen) atoms. The Morgan fingerprint density at radius 2 is 1.82 bits per heavy atom. The van der Waals surface area contributed by atoms with Gasteiger partial charge < -0.3 is 0 Å². The number of carbonyl (C=O) groups excluding carboxylic acids is 1. The monoisotopic (exact) mass is 230 g/mol. The molecule has 0 amide bonds. The molecule has 1 rings (SSSR count). The Labute approximate surface area is 105 Å². The lowest BCUT2D eigenvalue weighted by molar-refractivity contribution is -0.114. The molecule has 0 saturated heterocycles. The van der Waals surface area contributed by atoms with Crippen molar-refractivity contribution >= 4 is 11.9 Å². The predicted molar refractivity (Wildman–Crippen MR) is 74.0 cm³/mol. The number of rotatable bonds is 7. The molecule has 92 valence electrons. The zero-order valence-electron chi connectivity index (χ0n) is 10.9. The van der Waals surface area contributed by atoms with Gasteiger partial charge in [0, 0.05) is 6.42 Å². The van der Waals surface area contributed by atoms with Crippen molar-refractivity contribution in [3.05, 3.63) is 41.5 Å². The second kappa shape index (κ2) is 7.83. The van der Waals surface area contributed by atoms with Gasteiger partial charge in [0.05, 0.1) is 0 Å². The number of hydrogen-bond acceptors (Lipinski definition) is 1. The van der Waals surface area contributed by atoms with Crippen LogP contribution >= 0.6 is 0 Å². The molecule has 1 aromatic carbocycles. The Morgan fingerprint density at radius 3 is 2.47 bits per heavy atom. The molecule has 1 heteroatoms. The fourth-order valence-corrected chi connectivity index (χ4v) is 1.68. The van der Waals surface area contributed by atoms with E-state index in [4.69, 9.17) is 0 Å². The SMILES string of the molecule is CCCCCCC(=O)/C=C\c1ccc(C)cc1. The van der Waals surface area contributed by atoms with Crippen LogP contribution in [0.25, 0.3) is 6.08 Å². The Morgan fingerprint density at radius 1 is 1.12 bits per heavy atom. The van der Waals surface area contributed by atoms with Crippen LogP contribution in [0.3, 0.4) is 0 Å². The maximum Gasteiger partial charge on any atom is 0.155 e. The topological polar surface area (TPSA) is 17.1 Å². The quantitative estimate of drug-likeness (QED) is 0.496. The molecule has 0 N–H and O–H groups in total. The number of hydrogen-bond donors (Lipinski definition) is 0. The predicted octanol–water partition coefficient (Wildman–Crippen LogP) is 4.55. The van der Waals surface area contributed by atoms with Crippen LogP contribution in [-0.4, -0.2) is 5.78 Å². The fourth-order valence-electron chi connectivity index (χ4n) is 1.68. The van der Waals surface area contributed by atoms with Gasteiger partial charge in [-0.05, 0) is 25.0 Å². The van der Waals surface area contributed by atoms with Crippen molar-refractivity contribution in [3.8, 4) is 0 Å². The Bertz CT molecular complexity index is 360. The number of aryl methyl sites for hydroxylation is 1. The van der Waals surface area contributed by atoms with Crippen molar-refractivity contribution in [2.75, 3.05) is 0 Å². The normalized spacial score (nSPS) is 10.9. The minimum atomic E-state index is 0.238. The van der Waals surface area contributed by atoms with Gasteiger partial charge in [0.2, 0.25) is 0 Å². The van der Waals surface area contributed by atoms with Crippen LogP contribution < -0.4 is 0 Å². The second-order valence-corrected chi connectivity index (χ2v) is 4.52. The zero-order chi connectivity index (χ0) is 12.5. The van der Waals surface area contributed by atoms with Crippen molar-refractivity contribution in [1.82, 2.24) is 0 Å². The summed E-state index contributed by atoms with van der Waals surface area (Å²) in [6.07, 6.45) is 8.93. The van der Waals surface area contributed by atoms with Crippen LogP contribution in [0.1, 0.15) is 50.2 Å². The average molecular weight is 230 g/mol. The van der Waals surface area contributed by atoms with E-state index in [2.05, 4.69) is 26.0 Å². The smallest absolute Gasteiger partial charge is 0.155 e. The van der Waals surface area contributed by atoms with Crippen LogP contribution in [0.15, 0.2) is 30.3 Å². The molecular formula is C16H22O. The number of benzene rings is 1. The van der Waals surface area contributed by atoms with Crippen molar-refractivity contribution in [2.24, 2.45) is 0 Å². The lowest BCUT2D eigenvalue weighted by Gasteiger charge is -1.97. The van der Waals surface area contributed by atoms with Gasteiger partial charge in [-0.3, -0.25) is 4.79 Å². The summed E-state index contributed by atoms with van der Waals surface area (Å²) < 4.78 is 0. The standard InChI is InChI=1S/C16H22O/c1-3-4-5-6-7-16(17)13-12-15-10-8-14(2)9-11-15/h8-13H,3-7H2,1-2H3/b13-12-. The summed E-state index contributed by atoms with van der Waals surface area (Å²) >= 11 is 0. The van der Waals surface area contributed by atoms with Crippen LogP contribution in [-0.2, 0) is 4.79 Å². The molecular weight excluding hydrogens is 208 g/mol. The van der Waals surface area contributed by atoms with E-state index in [9.17, 15) is 4.79 Å². The number of allylic oxidation sites excluding steroid dienone is 1. The summed E-state index contributed by atoms with van der Waals surface area (Å²) in [6, 6.07) is 8.20.